The van der Waals surface area contributed by atoms with Gasteiger partial charge in [-0.05, 0) is 24.6 Å². The number of benzene rings is 1. The lowest BCUT2D eigenvalue weighted by molar-refractivity contribution is -0.274. The zero-order valence-corrected chi connectivity index (χ0v) is 14.5. The average Bonchev–Trinajstić information content (AvgIpc) is 2.94. The number of alkyl halides is 3. The summed E-state index contributed by atoms with van der Waals surface area (Å²) < 4.78 is 40.4. The van der Waals surface area contributed by atoms with E-state index in [1.165, 1.54) is 17.0 Å². The number of carboxylic acid groups (broad SMARTS) is 1. The summed E-state index contributed by atoms with van der Waals surface area (Å²) in [7, 11) is 0. The Morgan fingerprint density at radius 1 is 1.33 bits per heavy atom. The van der Waals surface area contributed by atoms with Crippen LogP contribution in [-0.2, 0) is 14.4 Å². The van der Waals surface area contributed by atoms with Crippen LogP contribution >= 0.6 is 0 Å². The predicted molar refractivity (Wildman–Crippen MR) is 86.6 cm³/mol. The van der Waals surface area contributed by atoms with Gasteiger partial charge in [-0.1, -0.05) is 12.1 Å². The molecule has 2 unspecified atom stereocenters. The molecule has 0 saturated carbocycles. The fraction of sp³-hybridized carbons (Fsp3) is 0.471. The molecule has 2 rings (SSSR count). The summed E-state index contributed by atoms with van der Waals surface area (Å²) in [4.78, 5) is 36.8. The van der Waals surface area contributed by atoms with Crippen molar-refractivity contribution < 1.29 is 37.4 Å². The van der Waals surface area contributed by atoms with Crippen molar-refractivity contribution in [2.45, 2.75) is 32.2 Å². The van der Waals surface area contributed by atoms with Crippen LogP contribution in [0.5, 0.6) is 5.75 Å². The molecular formula is C17H19F3N2O5. The highest BCUT2D eigenvalue weighted by Gasteiger charge is 2.35. The molecule has 0 aromatic heterocycles. The van der Waals surface area contributed by atoms with Gasteiger partial charge in [0, 0.05) is 19.5 Å². The number of ether oxygens (including phenoxy) is 1. The fourth-order valence-corrected chi connectivity index (χ4v) is 2.87. The molecule has 1 aliphatic rings. The highest BCUT2D eigenvalue weighted by molar-refractivity contribution is 5.89. The smallest absolute Gasteiger partial charge is 0.481 e. The maximum atomic E-state index is 12.4. The van der Waals surface area contributed by atoms with Gasteiger partial charge in [0.15, 0.2) is 0 Å². The van der Waals surface area contributed by atoms with Crippen LogP contribution in [0, 0.1) is 5.92 Å². The third-order valence-electron chi connectivity index (χ3n) is 4.18. The minimum atomic E-state index is -4.84. The van der Waals surface area contributed by atoms with Gasteiger partial charge in [-0.2, -0.15) is 0 Å². The number of amides is 2. The molecule has 2 N–H and O–H groups in total. The monoisotopic (exact) mass is 388 g/mol. The summed E-state index contributed by atoms with van der Waals surface area (Å²) >= 11 is 0. The second kappa shape index (κ2) is 8.28. The van der Waals surface area contributed by atoms with E-state index >= 15 is 0 Å². The first-order valence-electron chi connectivity index (χ1n) is 8.24. The van der Waals surface area contributed by atoms with E-state index in [0.29, 0.717) is 12.1 Å². The van der Waals surface area contributed by atoms with Gasteiger partial charge in [0.25, 0.3) is 0 Å². The normalized spacial score (nSPS) is 18.3. The first-order chi connectivity index (χ1) is 12.6. The summed E-state index contributed by atoms with van der Waals surface area (Å²) in [6, 6.07) is 3.66. The molecule has 1 fully saturated rings. The van der Waals surface area contributed by atoms with Crippen LogP contribution in [0.2, 0.25) is 0 Å². The van der Waals surface area contributed by atoms with Gasteiger partial charge in [-0.25, -0.2) is 0 Å². The Labute approximate surface area is 153 Å². The number of likely N-dealkylation sites (tertiary alicyclic amines) is 1. The molecule has 27 heavy (non-hydrogen) atoms. The van der Waals surface area contributed by atoms with Crippen LogP contribution in [0.3, 0.4) is 0 Å². The van der Waals surface area contributed by atoms with Crippen LogP contribution in [0.25, 0.3) is 0 Å². The molecule has 148 valence electrons. The van der Waals surface area contributed by atoms with Crippen LogP contribution in [0.4, 0.5) is 13.2 Å². The lowest BCUT2D eigenvalue weighted by Gasteiger charge is -2.20. The molecular weight excluding hydrogens is 369 g/mol. The van der Waals surface area contributed by atoms with Crippen molar-refractivity contribution in [2.75, 3.05) is 13.1 Å². The van der Waals surface area contributed by atoms with Crippen molar-refractivity contribution in [1.29, 1.82) is 0 Å². The van der Waals surface area contributed by atoms with Gasteiger partial charge in [-0.15, -0.1) is 13.2 Å². The van der Waals surface area contributed by atoms with Crippen molar-refractivity contribution >= 4 is 17.8 Å². The lowest BCUT2D eigenvalue weighted by atomic mass is 10.0. The van der Waals surface area contributed by atoms with E-state index in [2.05, 4.69) is 10.1 Å². The van der Waals surface area contributed by atoms with Crippen LogP contribution in [-0.4, -0.2) is 47.2 Å². The summed E-state index contributed by atoms with van der Waals surface area (Å²) in [6.07, 6.45) is -5.25. The molecule has 0 radical (unpaired) electrons. The third kappa shape index (κ3) is 5.87. The molecule has 1 aromatic carbocycles. The number of nitrogens with zero attached hydrogens (tertiary/aromatic N) is 1. The van der Waals surface area contributed by atoms with E-state index in [4.69, 9.17) is 5.11 Å². The van der Waals surface area contributed by atoms with E-state index in [1.54, 1.807) is 6.92 Å². The Morgan fingerprint density at radius 2 is 1.96 bits per heavy atom. The van der Waals surface area contributed by atoms with E-state index in [0.717, 1.165) is 12.1 Å². The first-order valence-corrected chi connectivity index (χ1v) is 8.24. The van der Waals surface area contributed by atoms with Gasteiger partial charge < -0.3 is 20.1 Å². The minimum absolute atomic E-state index is 0.0395. The van der Waals surface area contributed by atoms with E-state index < -0.39 is 42.4 Å². The molecule has 7 nitrogen and oxygen atoms in total. The summed E-state index contributed by atoms with van der Waals surface area (Å²) in [5, 5.41) is 11.6. The largest absolute Gasteiger partial charge is 0.573 e. The highest BCUT2D eigenvalue weighted by Crippen LogP contribution is 2.26. The number of hydrogen-bond acceptors (Lipinski definition) is 4. The van der Waals surface area contributed by atoms with Crippen molar-refractivity contribution in [1.82, 2.24) is 10.2 Å². The molecule has 0 bridgehead atoms. The number of carbonyl (C=O) groups excluding carboxylic acids is 2. The van der Waals surface area contributed by atoms with Crippen molar-refractivity contribution in [3.63, 3.8) is 0 Å². The molecule has 10 heteroatoms. The van der Waals surface area contributed by atoms with E-state index in [9.17, 15) is 27.6 Å². The lowest BCUT2D eigenvalue weighted by Crippen LogP contribution is -2.36. The van der Waals surface area contributed by atoms with Gasteiger partial charge in [0.2, 0.25) is 11.8 Å². The fourth-order valence-electron chi connectivity index (χ4n) is 2.87. The topological polar surface area (TPSA) is 95.9 Å². The summed E-state index contributed by atoms with van der Waals surface area (Å²) in [5.74, 6) is -2.86. The van der Waals surface area contributed by atoms with Gasteiger partial charge in [0.1, 0.15) is 5.75 Å². The quantitative estimate of drug-likeness (QED) is 0.746. The summed E-state index contributed by atoms with van der Waals surface area (Å²) in [6.45, 7) is 2.51. The number of nitrogens with one attached hydrogen (secondary N) is 1. The molecule has 1 heterocycles. The molecule has 2 atom stereocenters. The van der Waals surface area contributed by atoms with Crippen molar-refractivity contribution in [2.24, 2.45) is 5.92 Å². The number of hydrogen-bond donors (Lipinski definition) is 2. The second-order valence-electron chi connectivity index (χ2n) is 6.11. The maximum absolute atomic E-state index is 12.4. The van der Waals surface area contributed by atoms with Crippen molar-refractivity contribution in [3.05, 3.63) is 29.8 Å². The van der Waals surface area contributed by atoms with Crippen LogP contribution in [0.1, 0.15) is 31.4 Å². The Morgan fingerprint density at radius 3 is 2.44 bits per heavy atom. The van der Waals surface area contributed by atoms with Crippen molar-refractivity contribution in [3.8, 4) is 5.75 Å². The van der Waals surface area contributed by atoms with E-state index in [1.807, 2.05) is 0 Å². The Balaban J connectivity index is 2.10. The first kappa shape index (κ1) is 20.5. The number of carbonyl (C=O) groups is 3. The number of aliphatic carboxylic acids is 1. The standard InChI is InChI=1S/C17H19F3N2O5/c1-2-22-9-11(7-14(22)23)16(26)21-13(8-15(24)25)10-3-5-12(6-4-10)27-17(18,19)20/h3-6,11,13H,2,7-9H2,1H3,(H,21,26)(H,24,25). The predicted octanol–water partition coefficient (Wildman–Crippen LogP) is 2.09. The van der Waals surface area contributed by atoms with Gasteiger partial charge >= 0.3 is 12.3 Å². The molecule has 1 saturated heterocycles. The molecule has 1 aromatic rings. The number of halogens is 3. The zero-order valence-electron chi connectivity index (χ0n) is 14.5. The van der Waals surface area contributed by atoms with Gasteiger partial charge in [0.05, 0.1) is 18.4 Å². The Kier molecular flexibility index (Phi) is 6.29. The minimum Gasteiger partial charge on any atom is -0.481 e. The molecule has 1 aliphatic heterocycles. The Bertz CT molecular complexity index is 706. The third-order valence-corrected chi connectivity index (χ3v) is 4.18. The number of rotatable bonds is 7. The zero-order chi connectivity index (χ0) is 20.2. The highest BCUT2D eigenvalue weighted by atomic mass is 19.4. The SMILES string of the molecule is CCN1CC(C(=O)NC(CC(=O)O)c2ccc(OC(F)(F)F)cc2)CC1=O. The number of carboxylic acids is 1. The van der Waals surface area contributed by atoms with E-state index in [-0.39, 0.29) is 18.9 Å². The Hall–Kier alpha value is -2.78. The van der Waals surface area contributed by atoms with Gasteiger partial charge in [-0.3, -0.25) is 14.4 Å². The van der Waals surface area contributed by atoms with Crippen LogP contribution in [0.15, 0.2) is 24.3 Å². The maximum Gasteiger partial charge on any atom is 0.573 e. The molecule has 0 spiro atoms. The van der Waals surface area contributed by atoms with Crippen LogP contribution < -0.4 is 10.1 Å². The summed E-state index contributed by atoms with van der Waals surface area (Å²) in [5.41, 5.74) is 0.317. The second-order valence-corrected chi connectivity index (χ2v) is 6.11. The molecule has 2 amide bonds. The average molecular weight is 388 g/mol. The molecule has 0 aliphatic carbocycles.